The number of thiazole rings is 1. The van der Waals surface area contributed by atoms with Crippen molar-refractivity contribution in [3.05, 3.63) is 59.9 Å². The molecule has 0 bridgehead atoms. The summed E-state index contributed by atoms with van der Waals surface area (Å²) < 4.78 is 55.5. The Hall–Kier alpha value is -2.80. The van der Waals surface area contributed by atoms with Gasteiger partial charge in [-0.3, -0.25) is 4.79 Å². The molecule has 0 atom stereocenters. The fourth-order valence-electron chi connectivity index (χ4n) is 2.91. The lowest BCUT2D eigenvalue weighted by molar-refractivity contribution is -0.117. The number of amides is 1. The second-order valence-electron chi connectivity index (χ2n) is 6.71. The highest BCUT2D eigenvalue weighted by Crippen LogP contribution is 2.22. The minimum absolute atomic E-state index is 0.0551. The van der Waals surface area contributed by atoms with Crippen molar-refractivity contribution in [2.45, 2.75) is 22.8 Å². The maximum absolute atomic E-state index is 12.5. The predicted molar refractivity (Wildman–Crippen MR) is 122 cm³/mol. The number of sulfonamides is 1. The molecule has 2 N–H and O–H groups in total. The number of ether oxygens (including phenoxy) is 1. The summed E-state index contributed by atoms with van der Waals surface area (Å²) in [7, 11) is -6.08. The topological polar surface area (TPSA) is 138 Å². The molecule has 0 saturated carbocycles. The van der Waals surface area contributed by atoms with Gasteiger partial charge in [-0.2, -0.15) is 4.99 Å². The van der Waals surface area contributed by atoms with Gasteiger partial charge in [0.2, 0.25) is 15.9 Å². The van der Waals surface area contributed by atoms with Crippen LogP contribution in [0.25, 0.3) is 10.2 Å². The van der Waals surface area contributed by atoms with Crippen LogP contribution in [0.15, 0.2) is 69.9 Å². The third kappa shape index (κ3) is 5.33. The van der Waals surface area contributed by atoms with E-state index in [1.165, 1.54) is 43.5 Å². The largest absolute Gasteiger partial charge is 0.497 e. The average Bonchev–Trinajstić information content (AvgIpc) is 3.08. The molecule has 0 saturated heterocycles. The highest BCUT2D eigenvalue weighted by Gasteiger charge is 2.17. The van der Waals surface area contributed by atoms with Gasteiger partial charge in [-0.05, 0) is 42.5 Å². The Labute approximate surface area is 189 Å². The van der Waals surface area contributed by atoms with Crippen LogP contribution in [0.1, 0.15) is 6.42 Å². The standard InChI is InChI=1S/C20H21N3O6S3/c1-3-11-23-17-9-8-16(32(21,27)28)13-18(17)30-20(23)22-19(24)10-12-31(25,26)15-6-4-14(29-2)5-7-15/h3-9,13H,1,10-12H2,2H3,(H2,21,27,28). The molecule has 2 aromatic carbocycles. The van der Waals surface area contributed by atoms with Crippen LogP contribution in [0.4, 0.5) is 0 Å². The van der Waals surface area contributed by atoms with E-state index in [0.717, 1.165) is 11.3 Å². The number of benzene rings is 2. The Morgan fingerprint density at radius 1 is 1.16 bits per heavy atom. The number of nitrogens with two attached hydrogens (primary N) is 1. The number of sulfone groups is 1. The first-order chi connectivity index (χ1) is 15.0. The molecule has 0 aliphatic carbocycles. The van der Waals surface area contributed by atoms with Crippen molar-refractivity contribution >= 4 is 47.3 Å². The van der Waals surface area contributed by atoms with Crippen molar-refractivity contribution in [3.8, 4) is 5.75 Å². The fraction of sp³-hybridized carbons (Fsp3) is 0.200. The molecule has 32 heavy (non-hydrogen) atoms. The Morgan fingerprint density at radius 2 is 1.81 bits per heavy atom. The van der Waals surface area contributed by atoms with Gasteiger partial charge in [0, 0.05) is 13.0 Å². The summed E-state index contributed by atoms with van der Waals surface area (Å²) in [6, 6.07) is 10.3. The first-order valence-corrected chi connectivity index (χ1v) is 13.3. The van der Waals surface area contributed by atoms with Gasteiger partial charge in [-0.25, -0.2) is 22.0 Å². The summed E-state index contributed by atoms with van der Waals surface area (Å²) in [5, 5.41) is 5.19. The molecule has 0 aliphatic rings. The van der Waals surface area contributed by atoms with E-state index in [1.807, 2.05) is 0 Å². The molecule has 1 aromatic heterocycles. The molecule has 9 nitrogen and oxygen atoms in total. The van der Waals surface area contributed by atoms with E-state index < -0.39 is 31.5 Å². The number of primary sulfonamides is 1. The zero-order valence-electron chi connectivity index (χ0n) is 17.1. The van der Waals surface area contributed by atoms with E-state index in [2.05, 4.69) is 11.6 Å². The van der Waals surface area contributed by atoms with E-state index in [9.17, 15) is 21.6 Å². The van der Waals surface area contributed by atoms with Crippen LogP contribution in [0, 0.1) is 0 Å². The molecule has 0 aliphatic heterocycles. The number of hydrogen-bond donors (Lipinski definition) is 1. The number of fused-ring (bicyclic) bond motifs is 1. The van der Waals surface area contributed by atoms with Crippen molar-refractivity contribution in [1.82, 2.24) is 4.57 Å². The van der Waals surface area contributed by atoms with Gasteiger partial charge in [0.1, 0.15) is 5.75 Å². The molecular weight excluding hydrogens is 474 g/mol. The number of carbonyl (C=O) groups is 1. The van der Waals surface area contributed by atoms with Crippen molar-refractivity contribution in [2.75, 3.05) is 12.9 Å². The van der Waals surface area contributed by atoms with Gasteiger partial charge in [0.05, 0.1) is 32.9 Å². The average molecular weight is 496 g/mol. The van der Waals surface area contributed by atoms with E-state index in [-0.39, 0.29) is 16.2 Å². The van der Waals surface area contributed by atoms with Crippen molar-refractivity contribution < 1.29 is 26.4 Å². The molecule has 12 heteroatoms. The number of carbonyl (C=O) groups excluding carboxylic acids is 1. The molecular formula is C20H21N3O6S3. The van der Waals surface area contributed by atoms with Crippen LogP contribution >= 0.6 is 11.3 Å². The van der Waals surface area contributed by atoms with Crippen LogP contribution in [0.5, 0.6) is 5.75 Å². The minimum Gasteiger partial charge on any atom is -0.497 e. The van der Waals surface area contributed by atoms with Gasteiger partial charge in [-0.15, -0.1) is 6.58 Å². The predicted octanol–water partition coefficient (Wildman–Crippen LogP) is 1.84. The normalized spacial score (nSPS) is 12.8. The van der Waals surface area contributed by atoms with Crippen LogP contribution in [0.3, 0.4) is 0 Å². The molecule has 1 heterocycles. The Kier molecular flexibility index (Phi) is 6.98. The molecule has 0 spiro atoms. The van der Waals surface area contributed by atoms with Crippen molar-refractivity contribution in [2.24, 2.45) is 10.1 Å². The molecule has 0 radical (unpaired) electrons. The highest BCUT2D eigenvalue weighted by molar-refractivity contribution is 7.91. The Bertz CT molecular complexity index is 1450. The summed E-state index contributed by atoms with van der Waals surface area (Å²) >= 11 is 1.10. The number of aromatic nitrogens is 1. The Morgan fingerprint density at radius 3 is 2.41 bits per heavy atom. The summed E-state index contributed by atoms with van der Waals surface area (Å²) in [6.07, 6.45) is 1.30. The maximum Gasteiger partial charge on any atom is 0.249 e. The number of nitrogens with zero attached hydrogens (tertiary/aromatic N) is 2. The monoisotopic (exact) mass is 495 g/mol. The minimum atomic E-state index is -3.88. The third-order valence-electron chi connectivity index (χ3n) is 4.52. The summed E-state index contributed by atoms with van der Waals surface area (Å²) in [5.41, 5.74) is 0.653. The van der Waals surface area contributed by atoms with E-state index in [0.29, 0.717) is 27.3 Å². The lowest BCUT2D eigenvalue weighted by atomic mass is 10.3. The van der Waals surface area contributed by atoms with Gasteiger partial charge < -0.3 is 9.30 Å². The molecule has 0 unspecified atom stereocenters. The molecule has 1 amide bonds. The van der Waals surface area contributed by atoms with Gasteiger partial charge in [0.15, 0.2) is 14.6 Å². The van der Waals surface area contributed by atoms with Crippen LogP contribution in [-0.4, -0.2) is 40.2 Å². The third-order valence-corrected chi connectivity index (χ3v) is 8.20. The molecule has 0 fully saturated rings. The quantitative estimate of drug-likeness (QED) is 0.473. The first-order valence-electron chi connectivity index (χ1n) is 9.26. The summed E-state index contributed by atoms with van der Waals surface area (Å²) in [5.74, 6) is -0.487. The highest BCUT2D eigenvalue weighted by atomic mass is 32.2. The van der Waals surface area contributed by atoms with E-state index in [4.69, 9.17) is 9.88 Å². The number of hydrogen-bond acceptors (Lipinski definition) is 7. The van der Waals surface area contributed by atoms with Crippen molar-refractivity contribution in [3.63, 3.8) is 0 Å². The lowest BCUT2D eigenvalue weighted by Crippen LogP contribution is -2.18. The molecule has 3 aromatic rings. The summed E-state index contributed by atoms with van der Waals surface area (Å²) in [6.45, 7) is 4.01. The van der Waals surface area contributed by atoms with Crippen LogP contribution in [0.2, 0.25) is 0 Å². The maximum atomic E-state index is 12.5. The van der Waals surface area contributed by atoms with E-state index in [1.54, 1.807) is 16.7 Å². The van der Waals surface area contributed by atoms with Gasteiger partial charge in [-0.1, -0.05) is 17.4 Å². The van der Waals surface area contributed by atoms with Gasteiger partial charge in [0.25, 0.3) is 0 Å². The SMILES string of the molecule is C=CCn1c(=NC(=O)CCS(=O)(=O)c2ccc(OC)cc2)sc2cc(S(N)(=O)=O)ccc21. The Balaban J connectivity index is 1.89. The smallest absolute Gasteiger partial charge is 0.249 e. The fourth-order valence-corrected chi connectivity index (χ4v) is 5.85. The molecule has 3 rings (SSSR count). The number of rotatable bonds is 8. The van der Waals surface area contributed by atoms with Gasteiger partial charge >= 0.3 is 0 Å². The number of allylic oxidation sites excluding steroid dienone is 1. The second-order valence-corrected chi connectivity index (χ2v) is 11.4. The first kappa shape index (κ1) is 23.9. The zero-order valence-corrected chi connectivity index (χ0v) is 19.5. The van der Waals surface area contributed by atoms with Crippen LogP contribution in [-0.2, 0) is 31.2 Å². The zero-order chi connectivity index (χ0) is 23.5. The van der Waals surface area contributed by atoms with Crippen molar-refractivity contribution in [1.29, 1.82) is 0 Å². The van der Waals surface area contributed by atoms with Crippen LogP contribution < -0.4 is 14.7 Å². The van der Waals surface area contributed by atoms with E-state index >= 15 is 0 Å². The lowest BCUT2D eigenvalue weighted by Gasteiger charge is -2.04. The second kappa shape index (κ2) is 9.36. The summed E-state index contributed by atoms with van der Waals surface area (Å²) in [4.78, 5) is 16.8. The molecule has 170 valence electrons. The number of methoxy groups -OCH3 is 1.